The van der Waals surface area contributed by atoms with E-state index in [0.29, 0.717) is 5.94 Å². The minimum atomic E-state index is 0.665. The first-order valence-electron chi connectivity index (χ1n) is 3.05. The van der Waals surface area contributed by atoms with Gasteiger partial charge in [-0.2, -0.15) is 0 Å². The fourth-order valence-electron chi connectivity index (χ4n) is 0.598. The average molecular weight is 234 g/mol. The predicted octanol–water partition coefficient (Wildman–Crippen LogP) is 2.54. The lowest BCUT2D eigenvalue weighted by molar-refractivity contribution is 0.391. The van der Waals surface area contributed by atoms with E-state index in [1.54, 1.807) is 24.2 Å². The molecule has 4 heteroatoms. The van der Waals surface area contributed by atoms with Gasteiger partial charge in [0, 0.05) is 10.7 Å². The summed E-state index contributed by atoms with van der Waals surface area (Å²) < 4.78 is 6.25. The van der Waals surface area contributed by atoms with E-state index in [-0.39, 0.29) is 0 Å². The minimum absolute atomic E-state index is 0.665. The fourth-order valence-corrected chi connectivity index (χ4v) is 1.20. The van der Waals surface area contributed by atoms with Crippen LogP contribution >= 0.6 is 27.7 Å². The number of hydrogen-bond acceptors (Lipinski definition) is 3. The molecule has 0 saturated heterocycles. The van der Waals surface area contributed by atoms with Crippen LogP contribution in [0.2, 0.25) is 0 Å². The smallest absolute Gasteiger partial charge is 0.139 e. The van der Waals surface area contributed by atoms with Crippen molar-refractivity contribution in [1.29, 1.82) is 0 Å². The molecule has 0 N–H and O–H groups in total. The number of halogens is 1. The first-order valence-corrected chi connectivity index (χ1v) is 5.24. The van der Waals surface area contributed by atoms with E-state index >= 15 is 0 Å². The molecular formula is C7H8BrNOS. The van der Waals surface area contributed by atoms with Crippen molar-refractivity contribution < 1.29 is 4.74 Å². The third-order valence-electron chi connectivity index (χ3n) is 1.02. The number of nitrogens with zero attached hydrogens (tertiary/aromatic N) is 1. The second-order valence-corrected chi connectivity index (χ2v) is 3.62. The van der Waals surface area contributed by atoms with Crippen LogP contribution in [0.3, 0.4) is 0 Å². The van der Waals surface area contributed by atoms with Gasteiger partial charge in [0.2, 0.25) is 0 Å². The first-order chi connectivity index (χ1) is 5.33. The largest absolute Gasteiger partial charge is 0.481 e. The molecule has 0 atom stereocenters. The molecule has 0 saturated carbocycles. The van der Waals surface area contributed by atoms with Gasteiger partial charge in [0.1, 0.15) is 11.7 Å². The summed E-state index contributed by atoms with van der Waals surface area (Å²) in [6.45, 7) is 0. The van der Waals surface area contributed by atoms with Crippen molar-refractivity contribution in [3.05, 3.63) is 22.9 Å². The maximum atomic E-state index is 5.31. The second kappa shape index (κ2) is 4.62. The fraction of sp³-hybridized carbons (Fsp3) is 0.286. The van der Waals surface area contributed by atoms with E-state index in [2.05, 4.69) is 20.9 Å². The van der Waals surface area contributed by atoms with Gasteiger partial charge in [-0.05, 0) is 28.3 Å². The van der Waals surface area contributed by atoms with Gasteiger partial charge >= 0.3 is 0 Å². The molecule has 1 rings (SSSR count). The van der Waals surface area contributed by atoms with Crippen molar-refractivity contribution in [3.63, 3.8) is 0 Å². The van der Waals surface area contributed by atoms with Crippen molar-refractivity contribution in [2.24, 2.45) is 0 Å². The average Bonchev–Trinajstić information content (AvgIpc) is 2.01. The molecule has 60 valence electrons. The Morgan fingerprint density at radius 3 is 3.09 bits per heavy atom. The monoisotopic (exact) mass is 233 g/mol. The molecule has 0 bridgehead atoms. The van der Waals surface area contributed by atoms with Crippen molar-refractivity contribution in [3.8, 4) is 5.75 Å². The summed E-state index contributed by atoms with van der Waals surface area (Å²) >= 11 is 4.94. The summed E-state index contributed by atoms with van der Waals surface area (Å²) in [4.78, 5) is 3.96. The molecule has 1 aromatic heterocycles. The van der Waals surface area contributed by atoms with Gasteiger partial charge in [0.15, 0.2) is 0 Å². The van der Waals surface area contributed by atoms with Crippen molar-refractivity contribution in [2.45, 2.75) is 0 Å². The summed E-state index contributed by atoms with van der Waals surface area (Å²) in [6.07, 6.45) is 5.42. The Morgan fingerprint density at radius 1 is 1.64 bits per heavy atom. The van der Waals surface area contributed by atoms with Crippen LogP contribution in [0.4, 0.5) is 0 Å². The molecule has 0 unspecified atom stereocenters. The summed E-state index contributed by atoms with van der Waals surface area (Å²) in [7, 11) is 0. The molecule has 0 radical (unpaired) electrons. The van der Waals surface area contributed by atoms with Crippen LogP contribution in [-0.2, 0) is 0 Å². The van der Waals surface area contributed by atoms with Gasteiger partial charge in [0.25, 0.3) is 0 Å². The van der Waals surface area contributed by atoms with E-state index in [4.69, 9.17) is 4.74 Å². The van der Waals surface area contributed by atoms with Crippen LogP contribution in [-0.4, -0.2) is 17.2 Å². The van der Waals surface area contributed by atoms with E-state index < -0.39 is 0 Å². The normalized spacial score (nSPS) is 9.64. The zero-order valence-electron chi connectivity index (χ0n) is 6.08. The molecule has 0 aliphatic rings. The lowest BCUT2D eigenvalue weighted by Crippen LogP contribution is -1.91. The van der Waals surface area contributed by atoms with Gasteiger partial charge in [-0.15, -0.1) is 11.8 Å². The molecule has 11 heavy (non-hydrogen) atoms. The Labute approximate surface area is 78.5 Å². The van der Waals surface area contributed by atoms with Crippen LogP contribution in [0.1, 0.15) is 0 Å². The molecule has 0 aliphatic carbocycles. The first kappa shape index (κ1) is 8.87. The van der Waals surface area contributed by atoms with Crippen LogP contribution in [0.5, 0.6) is 5.75 Å². The highest BCUT2D eigenvalue weighted by molar-refractivity contribution is 9.10. The molecule has 0 aliphatic heterocycles. The highest BCUT2D eigenvalue weighted by Gasteiger charge is 1.93. The topological polar surface area (TPSA) is 22.1 Å². The summed E-state index contributed by atoms with van der Waals surface area (Å²) in [5, 5.41) is 0. The summed E-state index contributed by atoms with van der Waals surface area (Å²) in [6, 6.07) is 1.89. The van der Waals surface area contributed by atoms with Gasteiger partial charge in [-0.3, -0.25) is 4.98 Å². The molecule has 1 heterocycles. The van der Waals surface area contributed by atoms with E-state index in [0.717, 1.165) is 10.2 Å². The number of pyridine rings is 1. The summed E-state index contributed by atoms with van der Waals surface area (Å²) in [5.74, 6) is 1.46. The molecule has 0 amide bonds. The van der Waals surface area contributed by atoms with Crippen molar-refractivity contribution in [2.75, 3.05) is 12.2 Å². The Hall–Kier alpha value is -0.220. The van der Waals surface area contributed by atoms with Gasteiger partial charge in [-0.25, -0.2) is 0 Å². The molecule has 2 nitrogen and oxygen atoms in total. The third-order valence-corrected chi connectivity index (χ3v) is 1.81. The van der Waals surface area contributed by atoms with Crippen LogP contribution in [0.15, 0.2) is 22.9 Å². The molecule has 0 aromatic carbocycles. The molecule has 0 fully saturated rings. The van der Waals surface area contributed by atoms with Crippen LogP contribution < -0.4 is 4.74 Å². The van der Waals surface area contributed by atoms with Crippen molar-refractivity contribution >= 4 is 27.7 Å². The third kappa shape index (κ3) is 3.12. The Balaban J connectivity index is 2.56. The Kier molecular flexibility index (Phi) is 3.72. The number of thioether (sulfide) groups is 1. The van der Waals surface area contributed by atoms with Crippen LogP contribution in [0.25, 0.3) is 0 Å². The zero-order valence-corrected chi connectivity index (χ0v) is 8.48. The second-order valence-electron chi connectivity index (χ2n) is 1.89. The van der Waals surface area contributed by atoms with Gasteiger partial charge in [0.05, 0.1) is 6.20 Å². The highest BCUT2D eigenvalue weighted by Crippen LogP contribution is 2.16. The maximum absolute atomic E-state index is 5.31. The summed E-state index contributed by atoms with van der Waals surface area (Å²) in [5.41, 5.74) is 0. The molecule has 0 spiro atoms. The molecule has 1 aromatic rings. The molecular weight excluding hydrogens is 226 g/mol. The Bertz CT molecular complexity index is 231. The quantitative estimate of drug-likeness (QED) is 0.750. The standard InChI is InChI=1S/C7H8BrNOS/c1-11-5-10-7-2-6(8)3-9-4-7/h2-4H,5H2,1H3. The van der Waals surface area contributed by atoms with E-state index in [1.807, 2.05) is 12.3 Å². The highest BCUT2D eigenvalue weighted by atomic mass is 79.9. The number of rotatable bonds is 3. The number of ether oxygens (including phenoxy) is 1. The van der Waals surface area contributed by atoms with E-state index in [9.17, 15) is 0 Å². The van der Waals surface area contributed by atoms with Gasteiger partial charge < -0.3 is 4.74 Å². The lowest BCUT2D eigenvalue weighted by atomic mass is 10.5. The SMILES string of the molecule is CSCOc1cncc(Br)c1. The van der Waals surface area contributed by atoms with Crippen molar-refractivity contribution in [1.82, 2.24) is 4.98 Å². The number of hydrogen-bond donors (Lipinski definition) is 0. The zero-order chi connectivity index (χ0) is 8.10. The predicted molar refractivity (Wildman–Crippen MR) is 50.9 cm³/mol. The number of aromatic nitrogens is 1. The van der Waals surface area contributed by atoms with Crippen LogP contribution in [0, 0.1) is 0 Å². The van der Waals surface area contributed by atoms with Gasteiger partial charge in [-0.1, -0.05) is 0 Å². The minimum Gasteiger partial charge on any atom is -0.481 e. The Morgan fingerprint density at radius 2 is 2.45 bits per heavy atom. The lowest BCUT2D eigenvalue weighted by Gasteiger charge is -2.02. The maximum Gasteiger partial charge on any atom is 0.139 e. The van der Waals surface area contributed by atoms with E-state index in [1.165, 1.54) is 0 Å².